The van der Waals surface area contributed by atoms with Crippen molar-refractivity contribution in [2.75, 3.05) is 13.1 Å². The molecule has 1 saturated heterocycles. The second-order valence-electron chi connectivity index (χ2n) is 7.65. The molecule has 5 heteroatoms. The first kappa shape index (κ1) is 17.9. The van der Waals surface area contributed by atoms with Gasteiger partial charge in [-0.05, 0) is 71.2 Å². The maximum Gasteiger partial charge on any atom is 0.250 e. The van der Waals surface area contributed by atoms with Gasteiger partial charge in [-0.15, -0.1) is 0 Å². The largest absolute Gasteiger partial charge is 0.319 e. The molecule has 0 saturated carbocycles. The molecule has 1 aliphatic heterocycles. The van der Waals surface area contributed by atoms with Crippen molar-refractivity contribution >= 4 is 0 Å². The highest BCUT2D eigenvalue weighted by atomic mass is 16.1. The molecule has 0 aliphatic carbocycles. The molecule has 2 aromatic rings. The van der Waals surface area contributed by atoms with E-state index in [1.807, 2.05) is 6.20 Å². The van der Waals surface area contributed by atoms with E-state index >= 15 is 0 Å². The molecule has 1 aliphatic rings. The zero-order valence-electron chi connectivity index (χ0n) is 16.1. The molecular weight excluding hydrogens is 312 g/mol. The van der Waals surface area contributed by atoms with Gasteiger partial charge in [0.05, 0.1) is 5.69 Å². The average Bonchev–Trinajstić information content (AvgIpc) is 2.86. The fraction of sp³-hybridized carbons (Fsp3) is 0.600. The van der Waals surface area contributed by atoms with Gasteiger partial charge in [0.25, 0.3) is 5.56 Å². The van der Waals surface area contributed by atoms with Crippen LogP contribution < -0.4 is 5.56 Å². The van der Waals surface area contributed by atoms with Crippen LogP contribution in [0.25, 0.3) is 0 Å². The fourth-order valence-corrected chi connectivity index (χ4v) is 3.89. The highest BCUT2D eigenvalue weighted by Crippen LogP contribution is 2.29. The van der Waals surface area contributed by atoms with Crippen molar-refractivity contribution in [2.24, 2.45) is 7.05 Å². The van der Waals surface area contributed by atoms with E-state index in [1.54, 1.807) is 17.7 Å². The van der Waals surface area contributed by atoms with Crippen LogP contribution in [0.5, 0.6) is 0 Å². The third-order valence-corrected chi connectivity index (χ3v) is 5.53. The van der Waals surface area contributed by atoms with E-state index in [1.165, 1.54) is 16.8 Å². The second-order valence-corrected chi connectivity index (χ2v) is 7.65. The van der Waals surface area contributed by atoms with E-state index in [-0.39, 0.29) is 5.56 Å². The van der Waals surface area contributed by atoms with Crippen LogP contribution in [0.15, 0.2) is 23.1 Å². The molecule has 25 heavy (non-hydrogen) atoms. The minimum atomic E-state index is 0.0901. The minimum Gasteiger partial charge on any atom is -0.319 e. The standard InChI is InChI=1S/C20H30N4O/c1-14(2)24-16(4)19(15(3)21-24)13-23-10-7-17(8-11-23)18-6-9-22(5)20(25)12-18/h6,9,12,14,17H,7-8,10-11,13H2,1-5H3. The third kappa shape index (κ3) is 3.71. The minimum absolute atomic E-state index is 0.0901. The molecule has 0 aromatic carbocycles. The van der Waals surface area contributed by atoms with Crippen LogP contribution in [0.4, 0.5) is 0 Å². The SMILES string of the molecule is Cc1nn(C(C)C)c(C)c1CN1CCC(c2ccn(C)c(=O)c2)CC1. The number of hydrogen-bond acceptors (Lipinski definition) is 3. The Labute approximate surface area is 150 Å². The first-order valence-electron chi connectivity index (χ1n) is 9.30. The van der Waals surface area contributed by atoms with E-state index in [9.17, 15) is 4.79 Å². The molecule has 3 rings (SSSR count). The Morgan fingerprint density at radius 2 is 1.92 bits per heavy atom. The summed E-state index contributed by atoms with van der Waals surface area (Å²) in [5.41, 5.74) is 5.11. The molecule has 0 atom stereocenters. The second kappa shape index (κ2) is 7.16. The van der Waals surface area contributed by atoms with Gasteiger partial charge in [-0.1, -0.05) is 0 Å². The Bertz CT molecular complexity index is 795. The summed E-state index contributed by atoms with van der Waals surface area (Å²) in [6, 6.07) is 4.31. The molecule has 2 aromatic heterocycles. The summed E-state index contributed by atoms with van der Waals surface area (Å²) in [6.45, 7) is 11.8. The summed E-state index contributed by atoms with van der Waals surface area (Å²) in [7, 11) is 1.80. The van der Waals surface area contributed by atoms with E-state index in [0.717, 1.165) is 38.2 Å². The predicted molar refractivity (Wildman–Crippen MR) is 101 cm³/mol. The number of rotatable bonds is 4. The van der Waals surface area contributed by atoms with E-state index in [0.29, 0.717) is 12.0 Å². The van der Waals surface area contributed by atoms with Crippen molar-refractivity contribution in [3.8, 4) is 0 Å². The number of aromatic nitrogens is 3. The summed E-state index contributed by atoms with van der Waals surface area (Å²) in [5, 5.41) is 4.71. The van der Waals surface area contributed by atoms with Gasteiger partial charge in [-0.25, -0.2) is 0 Å². The Morgan fingerprint density at radius 3 is 2.48 bits per heavy atom. The van der Waals surface area contributed by atoms with E-state index in [2.05, 4.69) is 43.3 Å². The molecule has 5 nitrogen and oxygen atoms in total. The smallest absolute Gasteiger partial charge is 0.250 e. The lowest BCUT2D eigenvalue weighted by Crippen LogP contribution is -2.33. The Kier molecular flexibility index (Phi) is 5.13. The molecule has 0 N–H and O–H groups in total. The van der Waals surface area contributed by atoms with Crippen molar-refractivity contribution in [1.29, 1.82) is 0 Å². The number of likely N-dealkylation sites (tertiary alicyclic amines) is 1. The predicted octanol–water partition coefficient (Wildman–Crippen LogP) is 3.16. The fourth-order valence-electron chi connectivity index (χ4n) is 3.89. The van der Waals surface area contributed by atoms with Gasteiger partial charge in [0.15, 0.2) is 0 Å². The molecule has 0 spiro atoms. The van der Waals surface area contributed by atoms with Gasteiger partial charge >= 0.3 is 0 Å². The highest BCUT2D eigenvalue weighted by Gasteiger charge is 2.23. The van der Waals surface area contributed by atoms with Crippen LogP contribution in [-0.2, 0) is 13.6 Å². The monoisotopic (exact) mass is 342 g/mol. The maximum atomic E-state index is 11.9. The maximum absolute atomic E-state index is 11.9. The molecule has 3 heterocycles. The van der Waals surface area contributed by atoms with Crippen LogP contribution in [-0.4, -0.2) is 32.3 Å². The van der Waals surface area contributed by atoms with Crippen LogP contribution in [0.3, 0.4) is 0 Å². The normalized spacial score (nSPS) is 16.7. The lowest BCUT2D eigenvalue weighted by molar-refractivity contribution is 0.204. The van der Waals surface area contributed by atoms with Crippen LogP contribution in [0, 0.1) is 13.8 Å². The van der Waals surface area contributed by atoms with Crippen LogP contribution in [0.2, 0.25) is 0 Å². The number of hydrogen-bond donors (Lipinski definition) is 0. The average molecular weight is 342 g/mol. The Morgan fingerprint density at radius 1 is 1.24 bits per heavy atom. The summed E-state index contributed by atoms with van der Waals surface area (Å²) >= 11 is 0. The third-order valence-electron chi connectivity index (χ3n) is 5.53. The molecule has 0 radical (unpaired) electrons. The van der Waals surface area contributed by atoms with Gasteiger partial charge in [0, 0.05) is 43.2 Å². The van der Waals surface area contributed by atoms with E-state index < -0.39 is 0 Å². The number of piperidine rings is 1. The van der Waals surface area contributed by atoms with E-state index in [4.69, 9.17) is 5.10 Å². The van der Waals surface area contributed by atoms with Crippen LogP contribution >= 0.6 is 0 Å². The van der Waals surface area contributed by atoms with Crippen molar-refractivity contribution in [1.82, 2.24) is 19.2 Å². The van der Waals surface area contributed by atoms with Gasteiger partial charge < -0.3 is 4.57 Å². The quantitative estimate of drug-likeness (QED) is 0.857. The molecule has 1 fully saturated rings. The van der Waals surface area contributed by atoms with Crippen molar-refractivity contribution in [3.63, 3.8) is 0 Å². The summed E-state index contributed by atoms with van der Waals surface area (Å²) < 4.78 is 3.77. The van der Waals surface area contributed by atoms with Gasteiger partial charge in [0.2, 0.25) is 0 Å². The molecule has 0 amide bonds. The number of nitrogens with zero attached hydrogens (tertiary/aromatic N) is 4. The van der Waals surface area contributed by atoms with Gasteiger partial charge in [0.1, 0.15) is 0 Å². The topological polar surface area (TPSA) is 43.1 Å². The summed E-state index contributed by atoms with van der Waals surface area (Å²) in [6.07, 6.45) is 4.12. The van der Waals surface area contributed by atoms with Crippen molar-refractivity contribution in [3.05, 3.63) is 51.2 Å². The summed E-state index contributed by atoms with van der Waals surface area (Å²) in [5.74, 6) is 0.505. The lowest BCUT2D eigenvalue weighted by Gasteiger charge is -2.32. The summed E-state index contributed by atoms with van der Waals surface area (Å²) in [4.78, 5) is 14.4. The van der Waals surface area contributed by atoms with Gasteiger partial charge in [-0.2, -0.15) is 5.10 Å². The molecule has 0 bridgehead atoms. The van der Waals surface area contributed by atoms with Crippen LogP contribution in [0.1, 0.15) is 61.2 Å². The molecular formula is C20H30N4O. The first-order chi connectivity index (χ1) is 11.9. The Balaban J connectivity index is 1.65. The number of pyridine rings is 1. The highest BCUT2D eigenvalue weighted by molar-refractivity contribution is 5.25. The van der Waals surface area contributed by atoms with Crippen molar-refractivity contribution < 1.29 is 0 Å². The zero-order valence-corrected chi connectivity index (χ0v) is 16.1. The van der Waals surface area contributed by atoms with Gasteiger partial charge in [-0.3, -0.25) is 14.4 Å². The number of aryl methyl sites for hydroxylation is 2. The Hall–Kier alpha value is -1.88. The molecule has 0 unspecified atom stereocenters. The molecule has 136 valence electrons. The zero-order chi connectivity index (χ0) is 18.1. The first-order valence-corrected chi connectivity index (χ1v) is 9.30. The van der Waals surface area contributed by atoms with Crippen molar-refractivity contribution in [2.45, 2.75) is 59.0 Å². The lowest BCUT2D eigenvalue weighted by atomic mass is 9.90.